The van der Waals surface area contributed by atoms with Crippen molar-refractivity contribution >= 4 is 17.8 Å². The standard InChI is InChI=1S/C20H29N3O2.C2HF3O2/c1-15-6-5-7-17(10-15)12-22-11-16(2)20(14-22)8-9-23(19(20)25)13-18(24)21(3)4;3-2(4,5)1(6)7/h5-7,10,16H,8-9,11-14H2,1-4H3;(H,6,7)/t16-,20-;/m1./s1. The van der Waals surface area contributed by atoms with Crippen LogP contribution in [0.2, 0.25) is 0 Å². The molecule has 2 saturated heterocycles. The number of amides is 2. The number of aryl methyl sites for hydroxylation is 1. The second kappa shape index (κ2) is 9.89. The van der Waals surface area contributed by atoms with Crippen LogP contribution in [-0.4, -0.2) is 84.0 Å². The summed E-state index contributed by atoms with van der Waals surface area (Å²) in [5, 5.41) is 7.12. The van der Waals surface area contributed by atoms with E-state index in [1.807, 2.05) is 0 Å². The van der Waals surface area contributed by atoms with Crippen LogP contribution in [0.4, 0.5) is 13.2 Å². The van der Waals surface area contributed by atoms with E-state index in [-0.39, 0.29) is 23.8 Å². The van der Waals surface area contributed by atoms with Crippen molar-refractivity contribution in [3.8, 4) is 0 Å². The lowest BCUT2D eigenvalue weighted by Crippen LogP contribution is -2.43. The van der Waals surface area contributed by atoms with Gasteiger partial charge in [-0.3, -0.25) is 14.5 Å². The van der Waals surface area contributed by atoms with Crippen LogP contribution in [0, 0.1) is 18.3 Å². The molecule has 0 radical (unpaired) electrons. The molecular formula is C22H30F3N3O4. The molecule has 1 N–H and O–H groups in total. The van der Waals surface area contributed by atoms with Gasteiger partial charge in [0.05, 0.1) is 12.0 Å². The predicted molar refractivity (Wildman–Crippen MR) is 112 cm³/mol. The summed E-state index contributed by atoms with van der Waals surface area (Å²) in [6, 6.07) is 8.57. The van der Waals surface area contributed by atoms with Gasteiger partial charge in [-0.2, -0.15) is 13.2 Å². The Balaban J connectivity index is 0.000000451. The van der Waals surface area contributed by atoms with Crippen molar-refractivity contribution in [2.24, 2.45) is 11.3 Å². The van der Waals surface area contributed by atoms with E-state index in [1.165, 1.54) is 11.1 Å². The number of hydrogen-bond donors (Lipinski definition) is 1. The lowest BCUT2D eigenvalue weighted by atomic mass is 9.78. The van der Waals surface area contributed by atoms with Gasteiger partial charge in [0.25, 0.3) is 0 Å². The fraction of sp³-hybridized carbons (Fsp3) is 0.591. The van der Waals surface area contributed by atoms with Gasteiger partial charge in [-0.25, -0.2) is 4.79 Å². The average Bonchev–Trinajstić information content (AvgIpc) is 3.15. The molecule has 3 rings (SSSR count). The second-order valence-corrected chi connectivity index (χ2v) is 8.78. The molecule has 2 heterocycles. The SMILES string of the molecule is Cc1cccc(CN2C[C@@H](C)[C@@]3(CCN(CC(=O)N(C)C)C3=O)C2)c1.O=C(O)C(F)(F)F. The molecule has 0 unspecified atom stereocenters. The van der Waals surface area contributed by atoms with Gasteiger partial charge in [0.1, 0.15) is 0 Å². The summed E-state index contributed by atoms with van der Waals surface area (Å²) in [6.45, 7) is 7.82. The Hall–Kier alpha value is -2.62. The van der Waals surface area contributed by atoms with E-state index in [4.69, 9.17) is 9.90 Å². The molecule has 2 atom stereocenters. The molecule has 0 saturated carbocycles. The number of carboxylic acid groups (broad SMARTS) is 1. The van der Waals surface area contributed by atoms with Gasteiger partial charge in [0.2, 0.25) is 11.8 Å². The Kier molecular flexibility index (Phi) is 7.92. The molecule has 1 spiro atoms. The fourth-order valence-electron chi connectivity index (χ4n) is 4.29. The van der Waals surface area contributed by atoms with E-state index < -0.39 is 12.1 Å². The molecule has 0 aromatic heterocycles. The molecule has 2 aliphatic heterocycles. The molecule has 2 fully saturated rings. The maximum absolute atomic E-state index is 13.1. The summed E-state index contributed by atoms with van der Waals surface area (Å²) >= 11 is 0. The summed E-state index contributed by atoms with van der Waals surface area (Å²) < 4.78 is 31.7. The van der Waals surface area contributed by atoms with Crippen LogP contribution in [-0.2, 0) is 20.9 Å². The first-order chi connectivity index (χ1) is 14.8. The third kappa shape index (κ3) is 5.99. The smallest absolute Gasteiger partial charge is 0.475 e. The molecule has 0 bridgehead atoms. The largest absolute Gasteiger partial charge is 0.490 e. The maximum atomic E-state index is 13.1. The summed E-state index contributed by atoms with van der Waals surface area (Å²) in [5.74, 6) is -2.27. The van der Waals surface area contributed by atoms with Crippen LogP contribution < -0.4 is 0 Å². The molecule has 2 amide bonds. The van der Waals surface area contributed by atoms with Crippen LogP contribution in [0.25, 0.3) is 0 Å². The fourth-order valence-corrected chi connectivity index (χ4v) is 4.29. The number of nitrogens with zero attached hydrogens (tertiary/aromatic N) is 3. The summed E-state index contributed by atoms with van der Waals surface area (Å²) in [7, 11) is 3.47. The molecule has 10 heteroatoms. The lowest BCUT2D eigenvalue weighted by Gasteiger charge is -2.27. The summed E-state index contributed by atoms with van der Waals surface area (Å²) in [6.07, 6.45) is -4.22. The zero-order valence-electron chi connectivity index (χ0n) is 18.8. The predicted octanol–water partition coefficient (Wildman–Crippen LogP) is 2.39. The minimum atomic E-state index is -5.08. The molecule has 7 nitrogen and oxygen atoms in total. The van der Waals surface area contributed by atoms with E-state index in [0.717, 1.165) is 26.1 Å². The van der Waals surface area contributed by atoms with Gasteiger partial charge in [-0.05, 0) is 24.8 Å². The molecule has 1 aromatic rings. The van der Waals surface area contributed by atoms with Crippen LogP contribution in [0.5, 0.6) is 0 Å². The summed E-state index contributed by atoms with van der Waals surface area (Å²) in [5.41, 5.74) is 2.26. The van der Waals surface area contributed by atoms with Crippen molar-refractivity contribution in [3.05, 3.63) is 35.4 Å². The first-order valence-electron chi connectivity index (χ1n) is 10.3. The van der Waals surface area contributed by atoms with Gasteiger partial charge in [0.15, 0.2) is 0 Å². The number of hydrogen-bond acceptors (Lipinski definition) is 4. The highest BCUT2D eigenvalue weighted by Crippen LogP contribution is 2.45. The zero-order chi connectivity index (χ0) is 24.3. The van der Waals surface area contributed by atoms with Crippen molar-refractivity contribution in [3.63, 3.8) is 0 Å². The zero-order valence-corrected chi connectivity index (χ0v) is 18.8. The average molecular weight is 457 g/mol. The van der Waals surface area contributed by atoms with E-state index in [9.17, 15) is 22.8 Å². The number of carboxylic acids is 1. The maximum Gasteiger partial charge on any atom is 0.490 e. The Bertz CT molecular complexity index is 859. The van der Waals surface area contributed by atoms with Gasteiger partial charge < -0.3 is 14.9 Å². The molecule has 1 aromatic carbocycles. The molecular weight excluding hydrogens is 427 g/mol. The Morgan fingerprint density at radius 2 is 1.91 bits per heavy atom. The number of likely N-dealkylation sites (N-methyl/N-ethyl adjacent to an activating group) is 1. The number of halogens is 3. The monoisotopic (exact) mass is 457 g/mol. The van der Waals surface area contributed by atoms with Crippen molar-refractivity contribution < 1.29 is 32.7 Å². The molecule has 178 valence electrons. The van der Waals surface area contributed by atoms with Crippen molar-refractivity contribution in [2.45, 2.75) is 33.0 Å². The molecule has 2 aliphatic rings. The number of rotatable bonds is 4. The lowest BCUT2D eigenvalue weighted by molar-refractivity contribution is -0.192. The van der Waals surface area contributed by atoms with Gasteiger partial charge in [-0.15, -0.1) is 0 Å². The van der Waals surface area contributed by atoms with E-state index in [2.05, 4.69) is 43.0 Å². The number of carbonyl (C=O) groups excluding carboxylic acids is 2. The van der Waals surface area contributed by atoms with Gasteiger partial charge in [-0.1, -0.05) is 36.8 Å². The van der Waals surface area contributed by atoms with Crippen LogP contribution in [0.1, 0.15) is 24.5 Å². The topological polar surface area (TPSA) is 81.2 Å². The normalized spacial score (nSPS) is 23.3. The quantitative estimate of drug-likeness (QED) is 0.751. The first-order valence-corrected chi connectivity index (χ1v) is 10.3. The Morgan fingerprint density at radius 3 is 2.44 bits per heavy atom. The molecule has 0 aliphatic carbocycles. The van der Waals surface area contributed by atoms with E-state index in [0.29, 0.717) is 12.5 Å². The van der Waals surface area contributed by atoms with Crippen molar-refractivity contribution in [1.29, 1.82) is 0 Å². The second-order valence-electron chi connectivity index (χ2n) is 8.78. The highest BCUT2D eigenvalue weighted by Gasteiger charge is 2.55. The van der Waals surface area contributed by atoms with Crippen LogP contribution >= 0.6 is 0 Å². The highest BCUT2D eigenvalue weighted by molar-refractivity contribution is 5.90. The van der Waals surface area contributed by atoms with Crippen molar-refractivity contribution in [1.82, 2.24) is 14.7 Å². The third-order valence-electron chi connectivity index (χ3n) is 6.08. The highest BCUT2D eigenvalue weighted by atomic mass is 19.4. The Morgan fingerprint density at radius 1 is 1.28 bits per heavy atom. The minimum absolute atomic E-state index is 0.00679. The van der Waals surface area contributed by atoms with Gasteiger partial charge >= 0.3 is 12.1 Å². The van der Waals surface area contributed by atoms with E-state index in [1.54, 1.807) is 23.9 Å². The number of aliphatic carboxylic acids is 1. The first kappa shape index (κ1) is 25.6. The number of likely N-dealkylation sites (tertiary alicyclic amines) is 2. The van der Waals surface area contributed by atoms with Crippen LogP contribution in [0.3, 0.4) is 0 Å². The van der Waals surface area contributed by atoms with Gasteiger partial charge in [0, 0.05) is 40.3 Å². The van der Waals surface area contributed by atoms with E-state index >= 15 is 0 Å². The Labute approximate surface area is 185 Å². The molecule has 32 heavy (non-hydrogen) atoms. The van der Waals surface area contributed by atoms with Crippen molar-refractivity contribution in [2.75, 3.05) is 40.3 Å². The third-order valence-corrected chi connectivity index (χ3v) is 6.08. The number of benzene rings is 1. The number of alkyl halides is 3. The number of carbonyl (C=O) groups is 3. The summed E-state index contributed by atoms with van der Waals surface area (Å²) in [4.78, 5) is 39.7. The minimum Gasteiger partial charge on any atom is -0.475 e. The van der Waals surface area contributed by atoms with Crippen LogP contribution in [0.15, 0.2) is 24.3 Å².